The lowest BCUT2D eigenvalue weighted by Gasteiger charge is -2.07. The van der Waals surface area contributed by atoms with Crippen LogP contribution in [0.4, 0.5) is 0 Å². The second kappa shape index (κ2) is 5.97. The number of nitrogens with two attached hydrogens (primary N) is 1. The lowest BCUT2D eigenvalue weighted by atomic mass is 10.1. The van der Waals surface area contributed by atoms with Gasteiger partial charge < -0.3 is 15.6 Å². The lowest BCUT2D eigenvalue weighted by Crippen LogP contribution is -2.32. The van der Waals surface area contributed by atoms with Gasteiger partial charge in [-0.2, -0.15) is 0 Å². The number of hydrogen-bond acceptors (Lipinski definition) is 4. The van der Waals surface area contributed by atoms with Crippen LogP contribution in [-0.4, -0.2) is 23.1 Å². The topological polar surface area (TPSA) is 89.6 Å². The van der Waals surface area contributed by atoms with Crippen molar-refractivity contribution >= 4 is 11.9 Å². The van der Waals surface area contributed by atoms with Gasteiger partial charge in [0.25, 0.3) is 0 Å². The van der Waals surface area contributed by atoms with Gasteiger partial charge in [0.2, 0.25) is 0 Å². The largest absolute Gasteiger partial charge is 0.480 e. The fraction of sp³-hybridized carbons (Fsp3) is 0.231. The average molecular weight is 249 g/mol. The molecule has 0 aliphatic heterocycles. The van der Waals surface area contributed by atoms with E-state index in [1.807, 2.05) is 0 Å². The molecule has 1 aromatic rings. The van der Waals surface area contributed by atoms with E-state index in [9.17, 15) is 9.59 Å². The highest BCUT2D eigenvalue weighted by atomic mass is 16.5. The third-order valence-electron chi connectivity index (χ3n) is 2.26. The Balaban J connectivity index is 2.66. The highest BCUT2D eigenvalue weighted by molar-refractivity contribution is 5.88. The minimum Gasteiger partial charge on any atom is -0.480 e. The smallest absolute Gasteiger partial charge is 0.338 e. The van der Waals surface area contributed by atoms with E-state index in [0.29, 0.717) is 11.3 Å². The van der Waals surface area contributed by atoms with Crippen LogP contribution in [0, 0.1) is 0 Å². The zero-order chi connectivity index (χ0) is 13.7. The molecular formula is C13H15NO4. The molecule has 0 heterocycles. The summed E-state index contributed by atoms with van der Waals surface area (Å²) in [7, 11) is 0. The molecule has 5 heteroatoms. The van der Waals surface area contributed by atoms with E-state index in [4.69, 9.17) is 15.6 Å². The number of esters is 1. The third kappa shape index (κ3) is 4.03. The standard InChI is InChI=1S/C13H15NO4/c1-8(2)13(17)18-10-5-3-9(4-6-10)7-11(14)12(15)16/h3-6,11H,1,7,14H2,2H3,(H,15,16)/t11-/m0/s1. The number of carbonyl (C=O) groups excluding carboxylic acids is 1. The molecule has 1 aromatic carbocycles. The van der Waals surface area contributed by atoms with Crippen LogP contribution in [0.1, 0.15) is 12.5 Å². The van der Waals surface area contributed by atoms with Crippen molar-refractivity contribution in [3.8, 4) is 5.75 Å². The first-order valence-electron chi connectivity index (χ1n) is 5.35. The van der Waals surface area contributed by atoms with Gasteiger partial charge in [-0.05, 0) is 31.0 Å². The van der Waals surface area contributed by atoms with Gasteiger partial charge >= 0.3 is 11.9 Å². The molecule has 0 bridgehead atoms. The maximum absolute atomic E-state index is 11.2. The number of aliphatic carboxylic acids is 1. The van der Waals surface area contributed by atoms with Gasteiger partial charge in [-0.15, -0.1) is 0 Å². The van der Waals surface area contributed by atoms with Crippen LogP contribution in [-0.2, 0) is 16.0 Å². The van der Waals surface area contributed by atoms with Gasteiger partial charge in [-0.3, -0.25) is 4.79 Å². The zero-order valence-corrected chi connectivity index (χ0v) is 10.1. The molecule has 0 saturated carbocycles. The monoisotopic (exact) mass is 249 g/mol. The van der Waals surface area contributed by atoms with Gasteiger partial charge in [0.15, 0.2) is 0 Å². The van der Waals surface area contributed by atoms with Crippen LogP contribution >= 0.6 is 0 Å². The molecule has 0 amide bonds. The molecule has 18 heavy (non-hydrogen) atoms. The fourth-order valence-corrected chi connectivity index (χ4v) is 1.23. The average Bonchev–Trinajstić information content (AvgIpc) is 2.31. The van der Waals surface area contributed by atoms with Gasteiger partial charge in [-0.1, -0.05) is 18.7 Å². The molecule has 0 aromatic heterocycles. The molecule has 3 N–H and O–H groups in total. The summed E-state index contributed by atoms with van der Waals surface area (Å²) in [5.74, 6) is -1.16. The Hall–Kier alpha value is -2.14. The van der Waals surface area contributed by atoms with Crippen molar-refractivity contribution in [1.82, 2.24) is 0 Å². The Morgan fingerprint density at radius 3 is 2.39 bits per heavy atom. The van der Waals surface area contributed by atoms with Crippen molar-refractivity contribution < 1.29 is 19.4 Å². The summed E-state index contributed by atoms with van der Waals surface area (Å²) in [4.78, 5) is 21.8. The van der Waals surface area contributed by atoms with Crippen molar-refractivity contribution in [2.24, 2.45) is 5.73 Å². The minimum absolute atomic E-state index is 0.226. The van der Waals surface area contributed by atoms with E-state index in [0.717, 1.165) is 5.56 Å². The van der Waals surface area contributed by atoms with Gasteiger partial charge in [0.05, 0.1) is 0 Å². The Bertz CT molecular complexity index is 464. The van der Waals surface area contributed by atoms with E-state index in [1.165, 1.54) is 0 Å². The molecule has 1 rings (SSSR count). The van der Waals surface area contributed by atoms with Gasteiger partial charge in [-0.25, -0.2) is 4.79 Å². The van der Waals surface area contributed by atoms with Gasteiger partial charge in [0, 0.05) is 5.57 Å². The number of ether oxygens (including phenoxy) is 1. The van der Waals surface area contributed by atoms with Crippen LogP contribution in [0.2, 0.25) is 0 Å². The first-order chi connectivity index (χ1) is 8.40. The summed E-state index contributed by atoms with van der Waals surface area (Å²) >= 11 is 0. The molecule has 0 aliphatic rings. The number of benzene rings is 1. The number of carbonyl (C=O) groups is 2. The van der Waals surface area contributed by atoms with Crippen LogP contribution in [0.25, 0.3) is 0 Å². The first-order valence-corrected chi connectivity index (χ1v) is 5.35. The Kier molecular flexibility index (Phi) is 4.62. The number of carboxylic acids is 1. The Morgan fingerprint density at radius 1 is 1.39 bits per heavy atom. The van der Waals surface area contributed by atoms with E-state index < -0.39 is 18.0 Å². The third-order valence-corrected chi connectivity index (χ3v) is 2.26. The number of hydrogen-bond donors (Lipinski definition) is 2. The summed E-state index contributed by atoms with van der Waals surface area (Å²) in [6.45, 7) is 5.03. The number of rotatable bonds is 5. The van der Waals surface area contributed by atoms with Crippen LogP contribution in [0.5, 0.6) is 5.75 Å². The van der Waals surface area contributed by atoms with Crippen molar-refractivity contribution in [2.45, 2.75) is 19.4 Å². The number of carboxylic acid groups (broad SMARTS) is 1. The summed E-state index contributed by atoms with van der Waals surface area (Å²) in [5.41, 5.74) is 6.49. The highest BCUT2D eigenvalue weighted by Crippen LogP contribution is 2.14. The van der Waals surface area contributed by atoms with Crippen molar-refractivity contribution in [3.63, 3.8) is 0 Å². The Labute approximate surface area is 105 Å². The van der Waals surface area contributed by atoms with E-state index >= 15 is 0 Å². The van der Waals surface area contributed by atoms with Gasteiger partial charge in [0.1, 0.15) is 11.8 Å². The predicted molar refractivity (Wildman–Crippen MR) is 66.2 cm³/mol. The molecule has 0 spiro atoms. The maximum Gasteiger partial charge on any atom is 0.338 e. The van der Waals surface area contributed by atoms with E-state index in [2.05, 4.69) is 6.58 Å². The van der Waals surface area contributed by atoms with Crippen LogP contribution in [0.15, 0.2) is 36.4 Å². The molecule has 0 unspecified atom stereocenters. The molecule has 0 radical (unpaired) electrons. The second-order valence-corrected chi connectivity index (χ2v) is 3.96. The normalized spacial score (nSPS) is 11.7. The summed E-state index contributed by atoms with van der Waals surface area (Å²) < 4.78 is 5.00. The molecule has 0 saturated heterocycles. The summed E-state index contributed by atoms with van der Waals surface area (Å²) in [5, 5.41) is 8.67. The summed E-state index contributed by atoms with van der Waals surface area (Å²) in [6.07, 6.45) is 0.226. The molecule has 0 aliphatic carbocycles. The van der Waals surface area contributed by atoms with Crippen LogP contribution in [0.3, 0.4) is 0 Å². The highest BCUT2D eigenvalue weighted by Gasteiger charge is 2.12. The Morgan fingerprint density at radius 2 is 1.94 bits per heavy atom. The molecule has 1 atom stereocenters. The van der Waals surface area contributed by atoms with Crippen LogP contribution < -0.4 is 10.5 Å². The predicted octanol–water partition coefficient (Wildman–Crippen LogP) is 1.12. The van der Waals surface area contributed by atoms with Crippen molar-refractivity contribution in [2.75, 3.05) is 0 Å². The van der Waals surface area contributed by atoms with E-state index in [-0.39, 0.29) is 6.42 Å². The first kappa shape index (κ1) is 13.9. The van der Waals surface area contributed by atoms with E-state index in [1.54, 1.807) is 31.2 Å². The molecule has 5 nitrogen and oxygen atoms in total. The zero-order valence-electron chi connectivity index (χ0n) is 10.1. The maximum atomic E-state index is 11.2. The van der Waals surface area contributed by atoms with Crippen molar-refractivity contribution in [3.05, 3.63) is 42.0 Å². The molecule has 96 valence electrons. The fourth-order valence-electron chi connectivity index (χ4n) is 1.23. The quantitative estimate of drug-likeness (QED) is 0.463. The second-order valence-electron chi connectivity index (χ2n) is 3.96. The molecular weight excluding hydrogens is 234 g/mol. The summed E-state index contributed by atoms with van der Waals surface area (Å²) in [6, 6.07) is 5.58. The lowest BCUT2D eigenvalue weighted by molar-refractivity contribution is -0.138. The SMILES string of the molecule is C=C(C)C(=O)Oc1ccc(C[C@H](N)C(=O)O)cc1. The van der Waals surface area contributed by atoms with Crippen molar-refractivity contribution in [1.29, 1.82) is 0 Å². The minimum atomic E-state index is -1.05. The molecule has 0 fully saturated rings.